The Kier molecular flexibility index (Phi) is 26.2. The number of aromatic nitrogens is 2. The zero-order valence-corrected chi connectivity index (χ0v) is 30.5. The molecule has 1 aromatic heterocycles. The van der Waals surface area contributed by atoms with Crippen LogP contribution in [0.4, 0.5) is 0 Å². The molecule has 0 saturated carbocycles. The van der Waals surface area contributed by atoms with Gasteiger partial charge in [0.05, 0.1) is 5.69 Å². The fraction of sp³-hybridized carbons (Fsp3) is 0.791. The average molecular weight is 621 g/mol. The van der Waals surface area contributed by atoms with Crippen LogP contribution in [-0.4, -0.2) is 9.55 Å². The van der Waals surface area contributed by atoms with E-state index in [1.54, 1.807) is 0 Å². The predicted octanol–water partition coefficient (Wildman–Crippen LogP) is 14.2. The number of nitrogens with zero attached hydrogens (tertiary/aromatic N) is 2. The van der Waals surface area contributed by atoms with E-state index in [2.05, 4.69) is 54.9 Å². The van der Waals surface area contributed by atoms with Gasteiger partial charge in [-0.2, -0.15) is 0 Å². The summed E-state index contributed by atoms with van der Waals surface area (Å²) in [5.74, 6) is 1.36. The highest BCUT2D eigenvalue weighted by atomic mass is 15.1. The predicted molar refractivity (Wildman–Crippen MR) is 200 cm³/mol. The van der Waals surface area contributed by atoms with Gasteiger partial charge in [-0.1, -0.05) is 205 Å². The molecule has 0 fully saturated rings. The van der Waals surface area contributed by atoms with E-state index >= 15 is 0 Å². The largest absolute Gasteiger partial charge is 0.335 e. The first-order chi connectivity index (χ1) is 22.3. The molecule has 258 valence electrons. The van der Waals surface area contributed by atoms with E-state index in [-0.39, 0.29) is 0 Å². The second-order valence-corrected chi connectivity index (χ2v) is 14.3. The summed E-state index contributed by atoms with van der Waals surface area (Å²) in [5.41, 5.74) is 2.77. The van der Waals surface area contributed by atoms with E-state index in [0.717, 1.165) is 25.8 Å². The molecule has 2 aromatic rings. The van der Waals surface area contributed by atoms with Gasteiger partial charge in [0.25, 0.3) is 0 Å². The van der Waals surface area contributed by atoms with E-state index in [0.29, 0.717) is 0 Å². The second kappa shape index (κ2) is 29.8. The van der Waals surface area contributed by atoms with Gasteiger partial charge in [0.1, 0.15) is 5.82 Å². The van der Waals surface area contributed by atoms with Crippen LogP contribution in [-0.2, 0) is 25.8 Å². The molecule has 1 heterocycles. The molecule has 0 saturated heterocycles. The average Bonchev–Trinajstić information content (AvgIpc) is 3.45. The summed E-state index contributed by atoms with van der Waals surface area (Å²) in [5, 5.41) is 0. The van der Waals surface area contributed by atoms with Crippen molar-refractivity contribution in [1.82, 2.24) is 9.55 Å². The molecule has 0 spiro atoms. The van der Waals surface area contributed by atoms with Gasteiger partial charge in [0.2, 0.25) is 0 Å². The first-order valence-electron chi connectivity index (χ1n) is 20.4. The highest BCUT2D eigenvalue weighted by Gasteiger charge is 2.09. The van der Waals surface area contributed by atoms with Crippen molar-refractivity contribution in [3.63, 3.8) is 0 Å². The molecule has 1 aromatic carbocycles. The van der Waals surface area contributed by atoms with Crippen LogP contribution < -0.4 is 0 Å². The van der Waals surface area contributed by atoms with Crippen molar-refractivity contribution >= 4 is 0 Å². The van der Waals surface area contributed by atoms with Crippen LogP contribution in [0, 0.1) is 0 Å². The van der Waals surface area contributed by atoms with Gasteiger partial charge in [-0.25, -0.2) is 4.98 Å². The third-order valence-electron chi connectivity index (χ3n) is 9.91. The summed E-state index contributed by atoms with van der Waals surface area (Å²) in [6.07, 6.45) is 45.4. The maximum atomic E-state index is 5.18. The van der Waals surface area contributed by atoms with Crippen molar-refractivity contribution in [1.29, 1.82) is 0 Å². The summed E-state index contributed by atoms with van der Waals surface area (Å²) in [6.45, 7) is 5.78. The van der Waals surface area contributed by atoms with Crippen LogP contribution in [0.2, 0.25) is 0 Å². The normalized spacial score (nSPS) is 11.5. The number of aryl methyl sites for hydroxylation is 4. The van der Waals surface area contributed by atoms with Crippen LogP contribution in [0.15, 0.2) is 36.5 Å². The molecule has 45 heavy (non-hydrogen) atoms. The fourth-order valence-electron chi connectivity index (χ4n) is 6.92. The molecule has 0 amide bonds. The van der Waals surface area contributed by atoms with Gasteiger partial charge >= 0.3 is 0 Å². The van der Waals surface area contributed by atoms with Crippen LogP contribution in [0.1, 0.15) is 211 Å². The standard InChI is InChI=1S/C43H76N2/c1-3-5-7-9-11-13-15-17-19-21-23-25-27-32-39-45-40-42(37-33-36-41-34-29-28-30-35-41)44-43(45)38-31-26-24-22-20-18-16-14-12-10-8-6-4-2/h28-30,34-35,40H,3-27,31-33,36-39H2,1-2H3. The van der Waals surface area contributed by atoms with Crippen LogP contribution >= 0.6 is 0 Å². The lowest BCUT2D eigenvalue weighted by molar-refractivity contribution is 0.515. The monoisotopic (exact) mass is 621 g/mol. The summed E-state index contributed by atoms with van der Waals surface area (Å²) < 4.78 is 2.54. The van der Waals surface area contributed by atoms with Crippen LogP contribution in [0.5, 0.6) is 0 Å². The first kappa shape index (κ1) is 39.6. The maximum Gasteiger partial charge on any atom is 0.108 e. The topological polar surface area (TPSA) is 17.8 Å². The number of imidazole rings is 1. The lowest BCUT2D eigenvalue weighted by Crippen LogP contribution is -2.03. The van der Waals surface area contributed by atoms with Gasteiger partial charge in [-0.3, -0.25) is 0 Å². The van der Waals surface area contributed by atoms with E-state index < -0.39 is 0 Å². The molecular formula is C43H76N2. The Labute approximate surface area is 282 Å². The summed E-state index contributed by atoms with van der Waals surface area (Å²) in [6, 6.07) is 11.0. The van der Waals surface area contributed by atoms with Crippen molar-refractivity contribution in [2.24, 2.45) is 0 Å². The third-order valence-corrected chi connectivity index (χ3v) is 9.91. The fourth-order valence-corrected chi connectivity index (χ4v) is 6.92. The Hall–Kier alpha value is -1.57. The zero-order valence-electron chi connectivity index (χ0n) is 30.5. The minimum absolute atomic E-state index is 1.10. The zero-order chi connectivity index (χ0) is 31.9. The van der Waals surface area contributed by atoms with Crippen LogP contribution in [0.3, 0.4) is 0 Å². The SMILES string of the molecule is CCCCCCCCCCCCCCCCn1cc(CCCc2ccccc2)nc1CCCCCCCCCCCCCCC. The van der Waals surface area contributed by atoms with Gasteiger partial charge in [-0.15, -0.1) is 0 Å². The summed E-state index contributed by atoms with van der Waals surface area (Å²) in [4.78, 5) is 5.18. The molecular weight excluding hydrogens is 544 g/mol. The van der Waals surface area contributed by atoms with Crippen LogP contribution in [0.25, 0.3) is 0 Å². The number of benzene rings is 1. The first-order valence-corrected chi connectivity index (χ1v) is 20.4. The molecule has 2 heteroatoms. The van der Waals surface area contributed by atoms with Crippen molar-refractivity contribution in [2.75, 3.05) is 0 Å². The maximum absolute atomic E-state index is 5.18. The Morgan fingerprint density at radius 1 is 0.422 bits per heavy atom. The van der Waals surface area contributed by atoms with E-state index in [1.807, 2.05) is 0 Å². The second-order valence-electron chi connectivity index (χ2n) is 14.3. The van der Waals surface area contributed by atoms with E-state index in [1.165, 1.54) is 197 Å². The van der Waals surface area contributed by atoms with Gasteiger partial charge < -0.3 is 4.57 Å². The minimum atomic E-state index is 1.10. The number of unbranched alkanes of at least 4 members (excludes halogenated alkanes) is 25. The summed E-state index contributed by atoms with van der Waals surface area (Å²) >= 11 is 0. The van der Waals surface area contributed by atoms with E-state index in [9.17, 15) is 0 Å². The molecule has 2 rings (SSSR count). The summed E-state index contributed by atoms with van der Waals surface area (Å²) in [7, 11) is 0. The Morgan fingerprint density at radius 2 is 0.844 bits per heavy atom. The minimum Gasteiger partial charge on any atom is -0.335 e. The molecule has 0 bridgehead atoms. The van der Waals surface area contributed by atoms with Crippen molar-refractivity contribution in [2.45, 2.75) is 219 Å². The van der Waals surface area contributed by atoms with Crippen molar-refractivity contribution < 1.29 is 0 Å². The smallest absolute Gasteiger partial charge is 0.108 e. The molecule has 0 N–H and O–H groups in total. The molecule has 2 nitrogen and oxygen atoms in total. The van der Waals surface area contributed by atoms with Gasteiger partial charge in [0, 0.05) is 19.2 Å². The molecule has 0 aliphatic carbocycles. The Morgan fingerprint density at radius 3 is 1.31 bits per heavy atom. The van der Waals surface area contributed by atoms with Gasteiger partial charge in [0.15, 0.2) is 0 Å². The number of rotatable bonds is 33. The molecule has 0 aliphatic heterocycles. The highest BCUT2D eigenvalue weighted by molar-refractivity contribution is 5.15. The quantitative estimate of drug-likeness (QED) is 0.0726. The number of hydrogen-bond donors (Lipinski definition) is 0. The molecule has 0 aliphatic rings. The Balaban J connectivity index is 1.59. The lowest BCUT2D eigenvalue weighted by Gasteiger charge is -2.08. The van der Waals surface area contributed by atoms with Crippen molar-refractivity contribution in [3.05, 3.63) is 53.6 Å². The molecule has 0 unspecified atom stereocenters. The van der Waals surface area contributed by atoms with E-state index in [4.69, 9.17) is 4.98 Å². The molecule has 0 atom stereocenters. The van der Waals surface area contributed by atoms with Gasteiger partial charge in [-0.05, 0) is 37.7 Å². The Bertz CT molecular complexity index is 869. The molecule has 0 radical (unpaired) electrons. The number of hydrogen-bond acceptors (Lipinski definition) is 1. The lowest BCUT2D eigenvalue weighted by atomic mass is 10.0. The van der Waals surface area contributed by atoms with Crippen molar-refractivity contribution in [3.8, 4) is 0 Å². The highest BCUT2D eigenvalue weighted by Crippen LogP contribution is 2.17. The third kappa shape index (κ3) is 22.6.